The maximum Gasteiger partial charge on any atom is 0.416 e. The molecular weight excluding hydrogens is 364 g/mol. The molecule has 0 aliphatic heterocycles. The number of ketones is 2. The van der Waals surface area contributed by atoms with E-state index in [1.54, 1.807) is 20.0 Å². The maximum atomic E-state index is 13.9. The second-order valence-corrected chi connectivity index (χ2v) is 6.04. The Labute approximate surface area is 153 Å². The first kappa shape index (κ1) is 20.5. The van der Waals surface area contributed by atoms with E-state index in [0.717, 1.165) is 6.08 Å². The third-order valence-corrected chi connectivity index (χ3v) is 3.98. The SMILES string of the molecule is CCC(=O)C(=O)CN(C)c1cc(C2=CC=C(C(F)(F)F)C=C(F)C2)ccn1. The fourth-order valence-corrected chi connectivity index (χ4v) is 2.48. The average molecular weight is 382 g/mol. The van der Waals surface area contributed by atoms with Crippen molar-refractivity contribution < 1.29 is 27.2 Å². The number of aromatic nitrogens is 1. The summed E-state index contributed by atoms with van der Waals surface area (Å²) in [7, 11) is 1.57. The normalized spacial score (nSPS) is 14.7. The van der Waals surface area contributed by atoms with Crippen LogP contribution in [-0.4, -0.2) is 36.3 Å². The van der Waals surface area contributed by atoms with Gasteiger partial charge in [0, 0.05) is 26.1 Å². The Kier molecular flexibility index (Phi) is 6.30. The van der Waals surface area contributed by atoms with Crippen LogP contribution in [0.1, 0.15) is 25.3 Å². The summed E-state index contributed by atoms with van der Waals surface area (Å²) in [6.45, 7) is 1.41. The minimum absolute atomic E-state index is 0.104. The minimum Gasteiger partial charge on any atom is -0.352 e. The van der Waals surface area contributed by atoms with Crippen LogP contribution < -0.4 is 4.90 Å². The van der Waals surface area contributed by atoms with Gasteiger partial charge in [-0.05, 0) is 35.4 Å². The topological polar surface area (TPSA) is 50.3 Å². The summed E-state index contributed by atoms with van der Waals surface area (Å²) in [5.41, 5.74) is -0.245. The molecule has 1 aliphatic rings. The van der Waals surface area contributed by atoms with E-state index in [1.807, 2.05) is 0 Å². The molecule has 0 saturated heterocycles. The van der Waals surface area contributed by atoms with Crippen LogP contribution in [0, 0.1) is 0 Å². The average Bonchev–Trinajstić information content (AvgIpc) is 2.82. The largest absolute Gasteiger partial charge is 0.416 e. The zero-order chi connectivity index (χ0) is 20.2. The maximum absolute atomic E-state index is 13.9. The lowest BCUT2D eigenvalue weighted by Gasteiger charge is -2.18. The first-order chi connectivity index (χ1) is 12.6. The molecule has 0 N–H and O–H groups in total. The van der Waals surface area contributed by atoms with Crippen LogP contribution in [0.2, 0.25) is 0 Å². The number of alkyl halides is 3. The summed E-state index contributed by atoms with van der Waals surface area (Å²) < 4.78 is 52.4. The van der Waals surface area contributed by atoms with E-state index in [9.17, 15) is 27.2 Å². The molecule has 0 bridgehead atoms. The smallest absolute Gasteiger partial charge is 0.352 e. The number of rotatable bonds is 6. The van der Waals surface area contributed by atoms with Crippen molar-refractivity contribution in [2.45, 2.75) is 25.9 Å². The third kappa shape index (κ3) is 5.35. The fourth-order valence-electron chi connectivity index (χ4n) is 2.48. The summed E-state index contributed by atoms with van der Waals surface area (Å²) in [6.07, 6.45) is -0.893. The van der Waals surface area contributed by atoms with Gasteiger partial charge in [-0.15, -0.1) is 0 Å². The van der Waals surface area contributed by atoms with Gasteiger partial charge in [0.2, 0.25) is 5.78 Å². The first-order valence-electron chi connectivity index (χ1n) is 8.19. The van der Waals surface area contributed by atoms with Crippen molar-refractivity contribution in [2.24, 2.45) is 0 Å². The Balaban J connectivity index is 2.28. The number of carbonyl (C=O) groups excluding carboxylic acids is 2. The quantitative estimate of drug-likeness (QED) is 0.547. The van der Waals surface area contributed by atoms with Crippen molar-refractivity contribution in [2.75, 3.05) is 18.5 Å². The third-order valence-electron chi connectivity index (χ3n) is 3.98. The highest BCUT2D eigenvalue weighted by Gasteiger charge is 2.33. The molecule has 1 aromatic heterocycles. The number of anilines is 1. The molecule has 27 heavy (non-hydrogen) atoms. The summed E-state index contributed by atoms with van der Waals surface area (Å²) in [5, 5.41) is 0. The van der Waals surface area contributed by atoms with Gasteiger partial charge in [-0.25, -0.2) is 9.37 Å². The lowest BCUT2D eigenvalue weighted by molar-refractivity contribution is -0.135. The Morgan fingerprint density at radius 1 is 1.22 bits per heavy atom. The van der Waals surface area contributed by atoms with Gasteiger partial charge in [0.25, 0.3) is 0 Å². The van der Waals surface area contributed by atoms with Gasteiger partial charge in [-0.3, -0.25) is 9.59 Å². The molecule has 0 saturated carbocycles. The number of hydrogen-bond acceptors (Lipinski definition) is 4. The van der Waals surface area contributed by atoms with Crippen LogP contribution in [-0.2, 0) is 9.59 Å². The Bertz CT molecular complexity index is 838. The molecule has 4 nitrogen and oxygen atoms in total. The van der Waals surface area contributed by atoms with E-state index in [-0.39, 0.29) is 19.4 Å². The van der Waals surface area contributed by atoms with E-state index in [0.29, 0.717) is 23.0 Å². The molecule has 1 aromatic rings. The highest BCUT2D eigenvalue weighted by atomic mass is 19.4. The molecule has 0 atom stereocenters. The molecule has 144 valence electrons. The number of nitrogens with zero attached hydrogens (tertiary/aromatic N) is 2. The number of Topliss-reactive ketones (excluding diaryl/α,β-unsaturated/α-hetero) is 2. The zero-order valence-corrected chi connectivity index (χ0v) is 14.8. The van der Waals surface area contributed by atoms with Crippen molar-refractivity contribution in [3.05, 3.63) is 53.5 Å². The van der Waals surface area contributed by atoms with Gasteiger partial charge in [-0.2, -0.15) is 13.2 Å². The van der Waals surface area contributed by atoms with Gasteiger partial charge in [-0.1, -0.05) is 13.0 Å². The van der Waals surface area contributed by atoms with Crippen LogP contribution in [0.25, 0.3) is 5.57 Å². The molecule has 0 aromatic carbocycles. The number of pyridine rings is 1. The second-order valence-electron chi connectivity index (χ2n) is 6.04. The lowest BCUT2D eigenvalue weighted by atomic mass is 10.0. The van der Waals surface area contributed by atoms with Gasteiger partial charge in [0.1, 0.15) is 11.6 Å². The molecule has 8 heteroatoms. The summed E-state index contributed by atoms with van der Waals surface area (Å²) in [5.74, 6) is -1.62. The molecular formula is C19H18F4N2O2. The standard InChI is InChI=1S/C19H18F4N2O2/c1-3-16(26)17(27)11-25(2)18-9-13(6-7-24-18)12-4-5-14(19(21,22)23)10-15(20)8-12/h4-7,9-10H,3,8,11H2,1-2H3. The van der Waals surface area contributed by atoms with Crippen molar-refractivity contribution >= 4 is 23.0 Å². The highest BCUT2D eigenvalue weighted by Crippen LogP contribution is 2.34. The van der Waals surface area contributed by atoms with E-state index in [1.165, 1.54) is 23.2 Å². The van der Waals surface area contributed by atoms with Crippen LogP contribution in [0.4, 0.5) is 23.4 Å². The second kappa shape index (κ2) is 8.28. The Morgan fingerprint density at radius 2 is 1.93 bits per heavy atom. The van der Waals surface area contributed by atoms with Gasteiger partial charge < -0.3 is 4.90 Å². The molecule has 0 amide bonds. The predicted molar refractivity (Wildman–Crippen MR) is 93.7 cm³/mol. The zero-order valence-electron chi connectivity index (χ0n) is 14.8. The lowest BCUT2D eigenvalue weighted by Crippen LogP contribution is -2.30. The number of carbonyl (C=O) groups is 2. The minimum atomic E-state index is -4.64. The number of halogens is 4. The predicted octanol–water partition coefficient (Wildman–Crippen LogP) is 4.20. The molecule has 1 heterocycles. The van der Waals surface area contributed by atoms with Crippen LogP contribution in [0.3, 0.4) is 0 Å². The number of hydrogen-bond donors (Lipinski definition) is 0. The van der Waals surface area contributed by atoms with Gasteiger partial charge in [0.15, 0.2) is 5.78 Å². The van der Waals surface area contributed by atoms with Gasteiger partial charge >= 0.3 is 6.18 Å². The Hall–Kier alpha value is -2.77. The fraction of sp³-hybridized carbons (Fsp3) is 0.316. The molecule has 1 aliphatic carbocycles. The summed E-state index contributed by atoms with van der Waals surface area (Å²) >= 11 is 0. The number of allylic oxidation sites excluding steroid dienone is 6. The van der Waals surface area contributed by atoms with E-state index in [4.69, 9.17) is 0 Å². The van der Waals surface area contributed by atoms with Crippen LogP contribution in [0.5, 0.6) is 0 Å². The molecule has 0 fully saturated rings. The van der Waals surface area contributed by atoms with Crippen molar-refractivity contribution in [1.29, 1.82) is 0 Å². The van der Waals surface area contributed by atoms with Crippen LogP contribution >= 0.6 is 0 Å². The van der Waals surface area contributed by atoms with E-state index in [2.05, 4.69) is 4.98 Å². The highest BCUT2D eigenvalue weighted by molar-refractivity contribution is 6.38. The van der Waals surface area contributed by atoms with Crippen molar-refractivity contribution in [3.63, 3.8) is 0 Å². The first-order valence-corrected chi connectivity index (χ1v) is 8.19. The molecule has 0 unspecified atom stereocenters. The Morgan fingerprint density at radius 3 is 2.56 bits per heavy atom. The van der Waals surface area contributed by atoms with Gasteiger partial charge in [0.05, 0.1) is 12.1 Å². The van der Waals surface area contributed by atoms with Crippen molar-refractivity contribution in [1.82, 2.24) is 4.98 Å². The molecule has 0 radical (unpaired) electrons. The van der Waals surface area contributed by atoms with Crippen LogP contribution in [0.15, 0.2) is 48.0 Å². The van der Waals surface area contributed by atoms with E-state index < -0.39 is 29.1 Å². The number of likely N-dealkylation sites (N-methyl/N-ethyl adjacent to an activating group) is 1. The monoisotopic (exact) mass is 382 g/mol. The summed E-state index contributed by atoms with van der Waals surface area (Å²) in [4.78, 5) is 28.7. The van der Waals surface area contributed by atoms with E-state index >= 15 is 0 Å². The van der Waals surface area contributed by atoms with Crippen molar-refractivity contribution in [3.8, 4) is 0 Å². The molecule has 0 spiro atoms. The summed E-state index contributed by atoms with van der Waals surface area (Å²) in [6, 6.07) is 3.08. The molecule has 2 rings (SSSR count).